The SMILES string of the molecule is CO[Si](CCCC(C(=O)[O-])C(=O)[O-])(OC)OC. The first-order valence-electron chi connectivity index (χ1n) is 4.99. The summed E-state index contributed by atoms with van der Waals surface area (Å²) in [5, 5.41) is 21.0. The topological polar surface area (TPSA) is 108 Å². The summed E-state index contributed by atoms with van der Waals surface area (Å²) in [6, 6.07) is 0.327. The van der Waals surface area contributed by atoms with E-state index in [9.17, 15) is 19.8 Å². The van der Waals surface area contributed by atoms with E-state index in [0.717, 1.165) is 0 Å². The molecule has 0 aromatic heterocycles. The van der Waals surface area contributed by atoms with Crippen LogP contribution < -0.4 is 10.2 Å². The molecule has 0 spiro atoms. The van der Waals surface area contributed by atoms with E-state index in [-0.39, 0.29) is 12.8 Å². The Kier molecular flexibility index (Phi) is 6.96. The molecule has 0 amide bonds. The van der Waals surface area contributed by atoms with Gasteiger partial charge in [0.2, 0.25) is 0 Å². The summed E-state index contributed by atoms with van der Waals surface area (Å²) in [7, 11) is 1.49. The number of carboxylic acid groups (broad SMARTS) is 2. The molecule has 0 radical (unpaired) electrons. The molecule has 7 nitrogen and oxygen atoms in total. The van der Waals surface area contributed by atoms with Crippen LogP contribution in [0.15, 0.2) is 0 Å². The minimum absolute atomic E-state index is 0.102. The van der Waals surface area contributed by atoms with Crippen LogP contribution >= 0.6 is 0 Å². The molecule has 0 saturated carbocycles. The lowest BCUT2D eigenvalue weighted by atomic mass is 10.1. The van der Waals surface area contributed by atoms with Crippen LogP contribution in [0.3, 0.4) is 0 Å². The van der Waals surface area contributed by atoms with Gasteiger partial charge in [-0.2, -0.15) is 0 Å². The van der Waals surface area contributed by atoms with Gasteiger partial charge in [0.05, 0.1) is 11.9 Å². The lowest BCUT2D eigenvalue weighted by Crippen LogP contribution is -2.45. The van der Waals surface area contributed by atoms with Crippen molar-refractivity contribution in [2.24, 2.45) is 5.92 Å². The first-order chi connectivity index (χ1) is 7.92. The third-order valence-electron chi connectivity index (χ3n) is 2.48. The Labute approximate surface area is 101 Å². The van der Waals surface area contributed by atoms with E-state index in [1.807, 2.05) is 0 Å². The van der Waals surface area contributed by atoms with Gasteiger partial charge in [0.25, 0.3) is 0 Å². The highest BCUT2D eigenvalue weighted by Crippen LogP contribution is 2.18. The molecular formula is C9H16O7Si-2. The second-order valence-corrected chi connectivity index (χ2v) is 6.47. The maximum Gasteiger partial charge on any atom is 0.500 e. The molecule has 0 heterocycles. The molecule has 0 bridgehead atoms. The fourth-order valence-electron chi connectivity index (χ4n) is 1.41. The molecule has 0 aromatic rings. The van der Waals surface area contributed by atoms with Crippen LogP contribution in [0.4, 0.5) is 0 Å². The lowest BCUT2D eigenvalue weighted by Gasteiger charge is -2.25. The number of rotatable bonds is 9. The zero-order chi connectivity index (χ0) is 13.5. The molecule has 0 rings (SSSR count). The number of carbonyl (C=O) groups excluding carboxylic acids is 2. The predicted octanol–water partition coefficient (Wildman–Crippen LogP) is -2.24. The van der Waals surface area contributed by atoms with Crippen LogP contribution in [-0.2, 0) is 22.9 Å². The minimum atomic E-state index is -2.78. The maximum absolute atomic E-state index is 10.5. The van der Waals surface area contributed by atoms with E-state index >= 15 is 0 Å². The van der Waals surface area contributed by atoms with Crippen molar-refractivity contribution in [3.63, 3.8) is 0 Å². The second-order valence-electron chi connectivity index (χ2n) is 3.38. The largest absolute Gasteiger partial charge is 0.549 e. The number of hydrogen-bond donors (Lipinski definition) is 0. The van der Waals surface area contributed by atoms with Crippen molar-refractivity contribution in [3.8, 4) is 0 Å². The molecule has 0 saturated heterocycles. The third kappa shape index (κ3) is 4.82. The van der Waals surface area contributed by atoms with Crippen molar-refractivity contribution in [2.75, 3.05) is 21.3 Å². The zero-order valence-electron chi connectivity index (χ0n) is 10.1. The van der Waals surface area contributed by atoms with E-state index in [2.05, 4.69) is 0 Å². The summed E-state index contributed by atoms with van der Waals surface area (Å²) in [5.41, 5.74) is 0. The third-order valence-corrected chi connectivity index (χ3v) is 5.31. The summed E-state index contributed by atoms with van der Waals surface area (Å²) < 4.78 is 15.3. The molecule has 100 valence electrons. The van der Waals surface area contributed by atoms with Crippen LogP contribution in [-0.4, -0.2) is 42.1 Å². The van der Waals surface area contributed by atoms with Crippen molar-refractivity contribution in [3.05, 3.63) is 0 Å². The Bertz CT molecular complexity index is 242. The van der Waals surface area contributed by atoms with Crippen molar-refractivity contribution in [2.45, 2.75) is 18.9 Å². The smallest absolute Gasteiger partial charge is 0.500 e. The number of aliphatic carboxylic acids is 2. The molecule has 0 fully saturated rings. The van der Waals surface area contributed by atoms with Gasteiger partial charge in [-0.25, -0.2) is 0 Å². The molecule has 17 heavy (non-hydrogen) atoms. The van der Waals surface area contributed by atoms with Crippen LogP contribution in [0.25, 0.3) is 0 Å². The summed E-state index contributed by atoms with van der Waals surface area (Å²) in [6.07, 6.45) is 0.171. The van der Waals surface area contributed by atoms with Crippen molar-refractivity contribution < 1.29 is 33.1 Å². The molecule has 0 aliphatic rings. The van der Waals surface area contributed by atoms with Crippen LogP contribution in [0.2, 0.25) is 6.04 Å². The molecule has 0 N–H and O–H groups in total. The van der Waals surface area contributed by atoms with E-state index in [0.29, 0.717) is 6.04 Å². The van der Waals surface area contributed by atoms with Crippen LogP contribution in [0.1, 0.15) is 12.8 Å². The van der Waals surface area contributed by atoms with Crippen LogP contribution in [0, 0.1) is 5.92 Å². The number of hydrogen-bond acceptors (Lipinski definition) is 7. The van der Waals surface area contributed by atoms with Crippen molar-refractivity contribution in [1.82, 2.24) is 0 Å². The molecule has 0 aliphatic heterocycles. The van der Waals surface area contributed by atoms with Gasteiger partial charge in [-0.3, -0.25) is 0 Å². The number of carboxylic acids is 2. The van der Waals surface area contributed by atoms with Gasteiger partial charge in [0.15, 0.2) is 0 Å². The van der Waals surface area contributed by atoms with Gasteiger partial charge in [0.1, 0.15) is 0 Å². The average molecular weight is 264 g/mol. The standard InChI is InChI=1S/C9H18O7Si/c1-14-17(15-2,16-3)6-4-5-7(8(10)11)9(12)13/h7H,4-6H2,1-3H3,(H,10,11)(H,12,13)/p-2. The van der Waals surface area contributed by atoms with E-state index in [1.165, 1.54) is 21.3 Å². The molecule has 0 aliphatic carbocycles. The maximum atomic E-state index is 10.5. The fourth-order valence-corrected chi connectivity index (χ4v) is 3.16. The fraction of sp³-hybridized carbons (Fsp3) is 0.778. The molecule has 0 atom stereocenters. The van der Waals surface area contributed by atoms with Crippen molar-refractivity contribution in [1.29, 1.82) is 0 Å². The normalized spacial score (nSPS) is 11.8. The zero-order valence-corrected chi connectivity index (χ0v) is 11.1. The Hall–Kier alpha value is -0.963. The predicted molar refractivity (Wildman–Crippen MR) is 54.3 cm³/mol. The lowest BCUT2D eigenvalue weighted by molar-refractivity contribution is -0.332. The monoisotopic (exact) mass is 264 g/mol. The Morgan fingerprint density at radius 1 is 1.06 bits per heavy atom. The number of carbonyl (C=O) groups is 2. The van der Waals surface area contributed by atoms with Gasteiger partial charge in [-0.15, -0.1) is 0 Å². The first-order valence-corrected chi connectivity index (χ1v) is 6.92. The van der Waals surface area contributed by atoms with E-state index < -0.39 is 26.7 Å². The molecule has 0 aromatic carbocycles. The summed E-state index contributed by atoms with van der Waals surface area (Å²) in [5.74, 6) is -4.92. The highest BCUT2D eigenvalue weighted by atomic mass is 28.4. The molecule has 8 heteroatoms. The Morgan fingerprint density at radius 2 is 1.47 bits per heavy atom. The van der Waals surface area contributed by atoms with E-state index in [1.54, 1.807) is 0 Å². The van der Waals surface area contributed by atoms with Crippen LogP contribution in [0.5, 0.6) is 0 Å². The highest BCUT2D eigenvalue weighted by Gasteiger charge is 2.37. The summed E-state index contributed by atoms with van der Waals surface area (Å²) in [4.78, 5) is 21.0. The van der Waals surface area contributed by atoms with Crippen molar-refractivity contribution >= 4 is 20.7 Å². The first kappa shape index (κ1) is 16.0. The summed E-state index contributed by atoms with van der Waals surface area (Å²) >= 11 is 0. The van der Waals surface area contributed by atoms with Gasteiger partial charge in [-0.1, -0.05) is 0 Å². The minimum Gasteiger partial charge on any atom is -0.549 e. The van der Waals surface area contributed by atoms with Gasteiger partial charge >= 0.3 is 8.80 Å². The quantitative estimate of drug-likeness (QED) is 0.342. The van der Waals surface area contributed by atoms with Gasteiger partial charge < -0.3 is 33.1 Å². The Balaban J connectivity index is 4.28. The van der Waals surface area contributed by atoms with Gasteiger partial charge in [0, 0.05) is 33.3 Å². The Morgan fingerprint density at radius 3 is 1.76 bits per heavy atom. The van der Waals surface area contributed by atoms with E-state index in [4.69, 9.17) is 13.3 Å². The average Bonchev–Trinajstić information content (AvgIpc) is 2.29. The highest BCUT2D eigenvalue weighted by molar-refractivity contribution is 6.60. The molecule has 0 unspecified atom stereocenters. The second kappa shape index (κ2) is 7.38. The summed E-state index contributed by atoms with van der Waals surface area (Å²) in [6.45, 7) is 0. The van der Waals surface area contributed by atoms with Gasteiger partial charge in [-0.05, 0) is 12.8 Å². The molecular weight excluding hydrogens is 248 g/mol.